The average Bonchev–Trinajstić information content (AvgIpc) is 3.34. The van der Waals surface area contributed by atoms with Crippen LogP contribution < -0.4 is 9.64 Å². The average molecular weight is 548 g/mol. The number of fused-ring (bicyclic) bond motifs is 3. The van der Waals surface area contributed by atoms with E-state index in [9.17, 15) is 14.9 Å². The molecule has 40 heavy (non-hydrogen) atoms. The molecule has 0 atom stereocenters. The zero-order valence-electron chi connectivity index (χ0n) is 24.4. The van der Waals surface area contributed by atoms with Gasteiger partial charge in [-0.1, -0.05) is 6.07 Å². The summed E-state index contributed by atoms with van der Waals surface area (Å²) in [7, 11) is 1.55. The van der Waals surface area contributed by atoms with Crippen molar-refractivity contribution < 1.29 is 28.2 Å². The summed E-state index contributed by atoms with van der Waals surface area (Å²) in [4.78, 5) is 37.1. The van der Waals surface area contributed by atoms with Crippen LogP contribution >= 0.6 is 0 Å². The van der Waals surface area contributed by atoms with E-state index in [1.807, 2.05) is 26.0 Å². The lowest BCUT2D eigenvalue weighted by Gasteiger charge is -2.30. The third-order valence-electron chi connectivity index (χ3n) is 5.93. The first-order valence-corrected chi connectivity index (χ1v) is 12.7. The van der Waals surface area contributed by atoms with Gasteiger partial charge in [0.25, 0.3) is 0 Å². The van der Waals surface area contributed by atoms with Gasteiger partial charge in [-0.05, 0) is 67.0 Å². The molecule has 0 saturated heterocycles. The van der Waals surface area contributed by atoms with Crippen LogP contribution in [0.5, 0.6) is 5.75 Å². The van der Waals surface area contributed by atoms with Crippen LogP contribution in [-0.4, -0.2) is 45.0 Å². The van der Waals surface area contributed by atoms with Gasteiger partial charge in [0.05, 0.1) is 12.8 Å². The lowest BCUT2D eigenvalue weighted by atomic mass is 10.1. The predicted octanol–water partition coefficient (Wildman–Crippen LogP) is 6.65. The number of imide groups is 1. The van der Waals surface area contributed by atoms with Crippen LogP contribution in [0.15, 0.2) is 22.7 Å². The van der Waals surface area contributed by atoms with E-state index in [-0.39, 0.29) is 17.0 Å². The predicted molar refractivity (Wildman–Crippen MR) is 149 cm³/mol. The normalized spacial score (nSPS) is 11.9. The van der Waals surface area contributed by atoms with Crippen molar-refractivity contribution in [2.45, 2.75) is 73.5 Å². The summed E-state index contributed by atoms with van der Waals surface area (Å²) in [6.45, 7) is 15.5. The Kier molecular flexibility index (Phi) is 7.01. The first-order chi connectivity index (χ1) is 18.6. The SMILES string of the molecule is COc1ccc(C)c(-n2c(N(C(=O)OC(C)(C)C)C(=O)OC(C)(C)C)c(C#N)c3cnc4nc(C)oc4c32)c1C. The summed E-state index contributed by atoms with van der Waals surface area (Å²) in [5.74, 6) is 0.842. The van der Waals surface area contributed by atoms with Gasteiger partial charge < -0.3 is 18.6 Å². The van der Waals surface area contributed by atoms with E-state index in [1.165, 1.54) is 6.20 Å². The van der Waals surface area contributed by atoms with E-state index in [4.69, 9.17) is 18.6 Å². The van der Waals surface area contributed by atoms with Crippen molar-refractivity contribution in [3.63, 3.8) is 0 Å². The van der Waals surface area contributed by atoms with Crippen molar-refractivity contribution in [3.8, 4) is 17.5 Å². The van der Waals surface area contributed by atoms with E-state index in [2.05, 4.69) is 16.0 Å². The molecule has 11 nitrogen and oxygen atoms in total. The number of hydrogen-bond acceptors (Lipinski definition) is 9. The summed E-state index contributed by atoms with van der Waals surface area (Å²) < 4.78 is 24.5. The largest absolute Gasteiger partial charge is 0.496 e. The molecule has 0 aliphatic rings. The van der Waals surface area contributed by atoms with Gasteiger partial charge >= 0.3 is 12.2 Å². The summed E-state index contributed by atoms with van der Waals surface area (Å²) >= 11 is 0. The molecule has 0 fully saturated rings. The van der Waals surface area contributed by atoms with Gasteiger partial charge in [0.15, 0.2) is 17.3 Å². The molecule has 1 aromatic carbocycles. The maximum atomic E-state index is 13.8. The number of amides is 2. The van der Waals surface area contributed by atoms with Crippen LogP contribution in [0.4, 0.5) is 15.4 Å². The van der Waals surface area contributed by atoms with Crippen molar-refractivity contribution in [2.24, 2.45) is 0 Å². The van der Waals surface area contributed by atoms with Gasteiger partial charge in [-0.2, -0.15) is 15.1 Å². The number of aromatic nitrogens is 3. The Morgan fingerprint density at radius 3 is 2.15 bits per heavy atom. The number of rotatable bonds is 3. The lowest BCUT2D eigenvalue weighted by molar-refractivity contribution is 0.0428. The number of nitrogens with zero attached hydrogens (tertiary/aromatic N) is 5. The Morgan fingerprint density at radius 2 is 1.62 bits per heavy atom. The van der Waals surface area contributed by atoms with Crippen LogP contribution in [0, 0.1) is 32.1 Å². The summed E-state index contributed by atoms with van der Waals surface area (Å²) in [5.41, 5.74) is 1.10. The third-order valence-corrected chi connectivity index (χ3v) is 5.93. The molecule has 0 N–H and O–H groups in total. The van der Waals surface area contributed by atoms with Crippen LogP contribution in [0.1, 0.15) is 64.1 Å². The second-order valence-electron chi connectivity index (χ2n) is 11.4. The number of benzene rings is 1. The summed E-state index contributed by atoms with van der Waals surface area (Å²) in [6.07, 6.45) is -0.553. The standard InChI is InChI=1S/C29H33N5O6/c1-15-11-12-20(37-10)16(2)21(15)33-22-19(14-31-24-23(22)38-17(3)32-24)18(13-30)25(33)34(26(35)39-28(4,5)6)27(36)40-29(7,8)9/h11-12,14H,1-10H3. The zero-order chi connectivity index (χ0) is 29.7. The molecule has 0 unspecified atom stereocenters. The fraction of sp³-hybridized carbons (Fsp3) is 0.414. The van der Waals surface area contributed by atoms with Crippen molar-refractivity contribution in [1.29, 1.82) is 5.26 Å². The number of nitriles is 1. The Labute approximate surface area is 232 Å². The van der Waals surface area contributed by atoms with Gasteiger partial charge in [0.2, 0.25) is 5.65 Å². The van der Waals surface area contributed by atoms with Crippen LogP contribution in [0.3, 0.4) is 0 Å². The molecule has 3 aromatic heterocycles. The number of carbonyl (C=O) groups excluding carboxylic acids is 2. The van der Waals surface area contributed by atoms with Crippen molar-refractivity contribution in [2.75, 3.05) is 12.0 Å². The minimum absolute atomic E-state index is 0.00297. The van der Waals surface area contributed by atoms with Crippen LogP contribution in [0.25, 0.3) is 27.8 Å². The molecule has 0 spiro atoms. The highest BCUT2D eigenvalue weighted by Crippen LogP contribution is 2.42. The van der Waals surface area contributed by atoms with E-state index >= 15 is 0 Å². The van der Waals surface area contributed by atoms with Crippen molar-refractivity contribution >= 4 is 40.1 Å². The maximum absolute atomic E-state index is 13.8. The second kappa shape index (κ2) is 9.86. The van der Waals surface area contributed by atoms with Crippen molar-refractivity contribution in [3.05, 3.63) is 40.9 Å². The molecule has 0 aliphatic carbocycles. The number of aryl methyl sites for hydroxylation is 2. The smallest absolute Gasteiger partial charge is 0.425 e. The maximum Gasteiger partial charge on any atom is 0.425 e. The molecule has 0 bridgehead atoms. The number of anilines is 1. The molecule has 210 valence electrons. The quantitative estimate of drug-likeness (QED) is 0.276. The van der Waals surface area contributed by atoms with Crippen LogP contribution in [0.2, 0.25) is 0 Å². The Bertz CT molecular complexity index is 1670. The molecular formula is C29H33N5O6. The zero-order valence-corrected chi connectivity index (χ0v) is 24.4. The molecule has 11 heteroatoms. The fourth-order valence-corrected chi connectivity index (χ4v) is 4.49. The number of oxazole rings is 1. The first-order valence-electron chi connectivity index (χ1n) is 12.7. The Balaban J connectivity index is 2.25. The van der Waals surface area contributed by atoms with E-state index in [0.29, 0.717) is 39.4 Å². The van der Waals surface area contributed by atoms with Crippen LogP contribution in [-0.2, 0) is 9.47 Å². The van der Waals surface area contributed by atoms with Crippen molar-refractivity contribution in [1.82, 2.24) is 14.5 Å². The Hall–Kier alpha value is -4.59. The van der Waals surface area contributed by atoms with E-state index < -0.39 is 23.4 Å². The molecule has 0 saturated carbocycles. The third kappa shape index (κ3) is 5.04. The highest BCUT2D eigenvalue weighted by atomic mass is 16.6. The molecule has 4 aromatic rings. The second-order valence-corrected chi connectivity index (χ2v) is 11.4. The first kappa shape index (κ1) is 28.4. The number of ether oxygens (including phenoxy) is 3. The molecule has 4 rings (SSSR count). The minimum atomic E-state index is -1.02. The molecular weight excluding hydrogens is 514 g/mol. The molecule has 0 radical (unpaired) electrons. The lowest BCUT2D eigenvalue weighted by Crippen LogP contribution is -2.45. The molecule has 0 aliphatic heterocycles. The fourth-order valence-electron chi connectivity index (χ4n) is 4.49. The number of carbonyl (C=O) groups is 2. The Morgan fingerprint density at radius 1 is 1.02 bits per heavy atom. The monoisotopic (exact) mass is 547 g/mol. The number of methoxy groups -OCH3 is 1. The highest BCUT2D eigenvalue weighted by molar-refractivity contribution is 6.15. The van der Waals surface area contributed by atoms with Gasteiger partial charge in [0, 0.05) is 24.1 Å². The molecule has 3 heterocycles. The summed E-state index contributed by atoms with van der Waals surface area (Å²) in [6, 6.07) is 5.84. The summed E-state index contributed by atoms with van der Waals surface area (Å²) in [5, 5.41) is 10.8. The van der Waals surface area contributed by atoms with Gasteiger partial charge in [-0.15, -0.1) is 0 Å². The highest BCUT2D eigenvalue weighted by Gasteiger charge is 2.39. The van der Waals surface area contributed by atoms with E-state index in [1.54, 1.807) is 60.1 Å². The van der Waals surface area contributed by atoms with Gasteiger partial charge in [0.1, 0.15) is 34.1 Å². The molecule has 2 amide bonds. The van der Waals surface area contributed by atoms with Gasteiger partial charge in [-0.25, -0.2) is 14.6 Å². The number of pyridine rings is 1. The topological polar surface area (TPSA) is 133 Å². The minimum Gasteiger partial charge on any atom is -0.496 e. The van der Waals surface area contributed by atoms with Gasteiger partial charge in [-0.3, -0.25) is 4.57 Å². The number of hydrogen-bond donors (Lipinski definition) is 0. The van der Waals surface area contributed by atoms with E-state index in [0.717, 1.165) is 10.5 Å².